The molecule has 2 N–H and O–H groups in total. The van der Waals surface area contributed by atoms with E-state index in [9.17, 15) is 9.59 Å². The first-order valence-electron chi connectivity index (χ1n) is 8.26. The van der Waals surface area contributed by atoms with E-state index in [4.69, 9.17) is 9.84 Å². The van der Waals surface area contributed by atoms with Gasteiger partial charge in [0.25, 0.3) is 0 Å². The molecule has 0 fully saturated rings. The molecule has 0 aliphatic heterocycles. The normalized spacial score (nSPS) is 10.5. The first-order chi connectivity index (χ1) is 13.6. The van der Waals surface area contributed by atoms with Crippen molar-refractivity contribution in [2.45, 2.75) is 11.6 Å². The van der Waals surface area contributed by atoms with E-state index in [2.05, 4.69) is 20.8 Å². The van der Waals surface area contributed by atoms with E-state index in [0.29, 0.717) is 28.0 Å². The van der Waals surface area contributed by atoms with Crippen LogP contribution in [0, 0.1) is 0 Å². The average Bonchev–Trinajstić information content (AvgIpc) is 3.17. The summed E-state index contributed by atoms with van der Waals surface area (Å²) in [4.78, 5) is 23.1. The predicted octanol–water partition coefficient (Wildman–Crippen LogP) is 2.49. The molecule has 2 aromatic carbocycles. The first kappa shape index (κ1) is 19.4. The van der Waals surface area contributed by atoms with Crippen LogP contribution >= 0.6 is 11.8 Å². The Balaban J connectivity index is 1.58. The van der Waals surface area contributed by atoms with E-state index in [1.807, 2.05) is 12.1 Å². The predicted molar refractivity (Wildman–Crippen MR) is 103 cm³/mol. The van der Waals surface area contributed by atoms with E-state index in [1.54, 1.807) is 31.4 Å². The SMILES string of the molecule is COc1ccccc1NC(=O)CCSc1nnnn1-c1ccc(C(=O)O)cc1. The number of methoxy groups -OCH3 is 1. The lowest BCUT2D eigenvalue weighted by molar-refractivity contribution is -0.115. The van der Waals surface area contributed by atoms with Gasteiger partial charge >= 0.3 is 5.97 Å². The highest BCUT2D eigenvalue weighted by Gasteiger charge is 2.12. The zero-order chi connectivity index (χ0) is 19.9. The number of hydrogen-bond donors (Lipinski definition) is 2. The van der Waals surface area contributed by atoms with Gasteiger partial charge in [0.2, 0.25) is 11.1 Å². The molecule has 0 radical (unpaired) electrons. The number of aromatic nitrogens is 4. The number of carboxylic acids is 1. The van der Waals surface area contributed by atoms with E-state index in [1.165, 1.54) is 28.6 Å². The number of thioether (sulfide) groups is 1. The molecular weight excluding hydrogens is 382 g/mol. The maximum absolute atomic E-state index is 12.2. The second-order valence-electron chi connectivity index (χ2n) is 5.57. The molecule has 3 aromatic rings. The summed E-state index contributed by atoms with van der Waals surface area (Å²) in [6, 6.07) is 13.4. The number of carbonyl (C=O) groups is 2. The van der Waals surface area contributed by atoms with Crippen LogP contribution in [0.1, 0.15) is 16.8 Å². The lowest BCUT2D eigenvalue weighted by Gasteiger charge is -2.09. The fourth-order valence-corrected chi connectivity index (χ4v) is 3.20. The van der Waals surface area contributed by atoms with Crippen molar-refractivity contribution in [3.63, 3.8) is 0 Å². The summed E-state index contributed by atoms with van der Waals surface area (Å²) in [5, 5.41) is 23.8. The van der Waals surface area contributed by atoms with Crippen LogP contribution in [0.4, 0.5) is 5.69 Å². The summed E-state index contributed by atoms with van der Waals surface area (Å²) in [5.41, 5.74) is 1.43. The van der Waals surface area contributed by atoms with Crippen molar-refractivity contribution in [2.75, 3.05) is 18.2 Å². The molecule has 1 heterocycles. The number of para-hydroxylation sites is 2. The maximum Gasteiger partial charge on any atom is 0.335 e. The van der Waals surface area contributed by atoms with Crippen molar-refractivity contribution < 1.29 is 19.4 Å². The number of benzene rings is 2. The van der Waals surface area contributed by atoms with Gasteiger partial charge in [0.05, 0.1) is 24.0 Å². The summed E-state index contributed by atoms with van der Waals surface area (Å²) in [6.45, 7) is 0. The third kappa shape index (κ3) is 4.65. The zero-order valence-electron chi connectivity index (χ0n) is 14.9. The Hall–Kier alpha value is -3.40. The fraction of sp³-hybridized carbons (Fsp3) is 0.167. The Kier molecular flexibility index (Phi) is 6.22. The molecule has 0 aliphatic rings. The minimum Gasteiger partial charge on any atom is -0.495 e. The molecule has 0 bridgehead atoms. The van der Waals surface area contributed by atoms with Gasteiger partial charge in [-0.3, -0.25) is 4.79 Å². The molecule has 0 saturated carbocycles. The molecule has 0 spiro atoms. The van der Waals surface area contributed by atoms with Gasteiger partial charge in [-0.05, 0) is 46.8 Å². The molecule has 0 aliphatic carbocycles. The van der Waals surface area contributed by atoms with Crippen molar-refractivity contribution in [2.24, 2.45) is 0 Å². The second-order valence-corrected chi connectivity index (χ2v) is 6.63. The van der Waals surface area contributed by atoms with Gasteiger partial charge in [0, 0.05) is 12.2 Å². The van der Waals surface area contributed by atoms with Crippen LogP contribution in [0.25, 0.3) is 5.69 Å². The van der Waals surface area contributed by atoms with E-state index < -0.39 is 5.97 Å². The van der Waals surface area contributed by atoms with E-state index >= 15 is 0 Å². The van der Waals surface area contributed by atoms with E-state index in [-0.39, 0.29) is 17.9 Å². The van der Waals surface area contributed by atoms with Gasteiger partial charge < -0.3 is 15.2 Å². The number of carbonyl (C=O) groups excluding carboxylic acids is 1. The van der Waals surface area contributed by atoms with Crippen LogP contribution < -0.4 is 10.1 Å². The van der Waals surface area contributed by atoms with Gasteiger partial charge in [-0.15, -0.1) is 5.10 Å². The van der Waals surface area contributed by atoms with Crippen LogP contribution in [0.15, 0.2) is 53.7 Å². The van der Waals surface area contributed by atoms with Gasteiger partial charge in [-0.1, -0.05) is 23.9 Å². The molecule has 144 valence electrons. The minimum atomic E-state index is -1.00. The number of nitrogens with zero attached hydrogens (tertiary/aromatic N) is 4. The van der Waals surface area contributed by atoms with Gasteiger partial charge in [-0.2, -0.15) is 4.68 Å². The molecule has 0 saturated heterocycles. The van der Waals surface area contributed by atoms with Crippen molar-refractivity contribution in [1.29, 1.82) is 0 Å². The summed E-state index contributed by atoms with van der Waals surface area (Å²) >= 11 is 1.33. The fourth-order valence-electron chi connectivity index (χ4n) is 2.37. The van der Waals surface area contributed by atoms with Crippen molar-refractivity contribution in [3.05, 3.63) is 54.1 Å². The summed E-state index contributed by atoms with van der Waals surface area (Å²) < 4.78 is 6.71. The third-order valence-corrected chi connectivity index (χ3v) is 4.66. The molecule has 3 rings (SSSR count). The highest BCUT2D eigenvalue weighted by molar-refractivity contribution is 7.99. The number of nitrogens with one attached hydrogen (secondary N) is 1. The third-order valence-electron chi connectivity index (χ3n) is 3.74. The second kappa shape index (κ2) is 9.00. The van der Waals surface area contributed by atoms with Gasteiger partial charge in [0.15, 0.2) is 0 Å². The van der Waals surface area contributed by atoms with Crippen LogP contribution in [0.5, 0.6) is 5.75 Å². The lowest BCUT2D eigenvalue weighted by atomic mass is 10.2. The highest BCUT2D eigenvalue weighted by atomic mass is 32.2. The Morgan fingerprint density at radius 3 is 2.64 bits per heavy atom. The van der Waals surface area contributed by atoms with Crippen molar-refractivity contribution in [3.8, 4) is 11.4 Å². The monoisotopic (exact) mass is 399 g/mol. The maximum atomic E-state index is 12.2. The van der Waals surface area contributed by atoms with Crippen molar-refractivity contribution in [1.82, 2.24) is 20.2 Å². The number of tetrazole rings is 1. The Labute approximate surface area is 164 Å². The molecule has 28 heavy (non-hydrogen) atoms. The zero-order valence-corrected chi connectivity index (χ0v) is 15.7. The lowest BCUT2D eigenvalue weighted by Crippen LogP contribution is -2.13. The largest absolute Gasteiger partial charge is 0.495 e. The van der Waals surface area contributed by atoms with Gasteiger partial charge in [0.1, 0.15) is 5.75 Å². The van der Waals surface area contributed by atoms with Crippen LogP contribution in [0.2, 0.25) is 0 Å². The first-order valence-corrected chi connectivity index (χ1v) is 9.25. The molecule has 1 amide bonds. The number of amides is 1. The van der Waals surface area contributed by atoms with Crippen LogP contribution in [0.3, 0.4) is 0 Å². The van der Waals surface area contributed by atoms with E-state index in [0.717, 1.165) is 0 Å². The smallest absolute Gasteiger partial charge is 0.335 e. The van der Waals surface area contributed by atoms with Gasteiger partial charge in [-0.25, -0.2) is 4.79 Å². The molecule has 1 aromatic heterocycles. The number of aromatic carboxylic acids is 1. The quantitative estimate of drug-likeness (QED) is 0.555. The highest BCUT2D eigenvalue weighted by Crippen LogP contribution is 2.24. The Morgan fingerprint density at radius 1 is 1.18 bits per heavy atom. The van der Waals surface area contributed by atoms with Crippen molar-refractivity contribution >= 4 is 29.3 Å². The summed E-state index contributed by atoms with van der Waals surface area (Å²) in [6.07, 6.45) is 0.257. The topological polar surface area (TPSA) is 119 Å². The molecule has 10 heteroatoms. The number of ether oxygens (including phenoxy) is 1. The average molecular weight is 399 g/mol. The summed E-state index contributed by atoms with van der Waals surface area (Å²) in [7, 11) is 1.55. The minimum absolute atomic E-state index is 0.151. The van der Waals surface area contributed by atoms with Crippen LogP contribution in [-0.2, 0) is 4.79 Å². The Morgan fingerprint density at radius 2 is 1.93 bits per heavy atom. The standard InChI is InChI=1S/C18H17N5O4S/c1-27-15-5-3-2-4-14(15)19-16(24)10-11-28-18-20-21-22-23(18)13-8-6-12(7-9-13)17(25)26/h2-9H,10-11H2,1H3,(H,19,24)(H,25,26). The Bertz CT molecular complexity index is 974. The number of anilines is 1. The van der Waals surface area contributed by atoms with Crippen LogP contribution in [-0.4, -0.2) is 50.1 Å². The number of carboxylic acid groups (broad SMARTS) is 1. The molecule has 0 unspecified atom stereocenters. The molecular formula is C18H17N5O4S. The number of hydrogen-bond acceptors (Lipinski definition) is 7. The summed E-state index contributed by atoms with van der Waals surface area (Å²) in [5.74, 6) is -0.0906. The number of rotatable bonds is 8. The molecule has 0 atom stereocenters. The molecule has 9 nitrogen and oxygen atoms in total.